The molecule has 2 aliphatic rings. The molecule has 1 aromatic rings. The van der Waals surface area contributed by atoms with Crippen LogP contribution in [0, 0.1) is 16.0 Å². The lowest BCUT2D eigenvalue weighted by Gasteiger charge is -2.21. The highest BCUT2D eigenvalue weighted by atomic mass is 35.5. The van der Waals surface area contributed by atoms with Crippen molar-refractivity contribution in [3.05, 3.63) is 38.4 Å². The van der Waals surface area contributed by atoms with Crippen molar-refractivity contribution in [2.24, 2.45) is 11.0 Å². The van der Waals surface area contributed by atoms with Gasteiger partial charge in [-0.2, -0.15) is 0 Å². The molecule has 2 heterocycles. The summed E-state index contributed by atoms with van der Waals surface area (Å²) in [6.07, 6.45) is 0.215. The summed E-state index contributed by atoms with van der Waals surface area (Å²) in [7, 11) is 0. The molecule has 146 valence electrons. The van der Waals surface area contributed by atoms with E-state index in [-0.39, 0.29) is 35.3 Å². The molecule has 0 N–H and O–H groups in total. The first-order valence-corrected chi connectivity index (χ1v) is 9.13. The fourth-order valence-electron chi connectivity index (χ4n) is 3.18. The van der Waals surface area contributed by atoms with Crippen LogP contribution in [0.25, 0.3) is 0 Å². The molecule has 2 aliphatic heterocycles. The Labute approximate surface area is 165 Å². The number of hydrogen-bond acceptors (Lipinski definition) is 5. The number of carbonyl (C=O) groups excluding carboxylic acids is 1. The number of amides is 1. The minimum Gasteiger partial charge on any atom is -0.408 e. The molecule has 1 aromatic carbocycles. The van der Waals surface area contributed by atoms with E-state index in [1.54, 1.807) is 4.90 Å². The predicted molar refractivity (Wildman–Crippen MR) is 98.7 cm³/mol. The summed E-state index contributed by atoms with van der Waals surface area (Å²) in [5, 5.41) is 14.1. The summed E-state index contributed by atoms with van der Waals surface area (Å²) in [4.78, 5) is 26.3. The van der Waals surface area contributed by atoms with E-state index in [4.69, 9.17) is 32.7 Å². The fraction of sp³-hybridized carbons (Fsp3) is 0.500. The third kappa shape index (κ3) is 4.79. The van der Waals surface area contributed by atoms with Crippen LogP contribution in [0.3, 0.4) is 0 Å². The van der Waals surface area contributed by atoms with Crippen molar-refractivity contribution >= 4 is 35.3 Å². The molecule has 0 aromatic heterocycles. The average Bonchev–Trinajstić information content (AvgIpc) is 3.17. The molecular formula is C16H18Cl2N4O5. The zero-order valence-electron chi connectivity index (χ0n) is 14.5. The number of guanidine groups is 1. The van der Waals surface area contributed by atoms with E-state index in [0.717, 1.165) is 11.3 Å². The maximum Gasteiger partial charge on any atom is 0.422 e. The molecule has 27 heavy (non-hydrogen) atoms. The van der Waals surface area contributed by atoms with Crippen LogP contribution in [0.1, 0.15) is 13.3 Å². The fourth-order valence-corrected chi connectivity index (χ4v) is 3.63. The molecule has 0 aliphatic carbocycles. The lowest BCUT2D eigenvalue weighted by Crippen LogP contribution is -2.41. The maximum atomic E-state index is 12.5. The summed E-state index contributed by atoms with van der Waals surface area (Å²) in [5.74, 6) is 0.288. The van der Waals surface area contributed by atoms with Gasteiger partial charge >= 0.3 is 6.09 Å². The Hall–Kier alpha value is -2.10. The van der Waals surface area contributed by atoms with Gasteiger partial charge in [0.15, 0.2) is 10.8 Å². The van der Waals surface area contributed by atoms with Crippen LogP contribution in [0.4, 0.5) is 4.79 Å². The van der Waals surface area contributed by atoms with Crippen molar-refractivity contribution in [3.63, 3.8) is 0 Å². The number of hydrazone groups is 1. The molecule has 2 atom stereocenters. The van der Waals surface area contributed by atoms with Crippen LogP contribution in [0.15, 0.2) is 23.3 Å². The van der Waals surface area contributed by atoms with Gasteiger partial charge in [-0.15, -0.1) is 0 Å². The Morgan fingerprint density at radius 1 is 1.44 bits per heavy atom. The Balaban J connectivity index is 1.73. The quantitative estimate of drug-likeness (QED) is 0.552. The van der Waals surface area contributed by atoms with Crippen molar-refractivity contribution in [1.29, 1.82) is 0 Å². The number of ether oxygens (including phenoxy) is 2. The van der Waals surface area contributed by atoms with Gasteiger partial charge < -0.3 is 14.4 Å². The molecule has 2 unspecified atom stereocenters. The second-order valence-electron chi connectivity index (χ2n) is 6.42. The number of benzene rings is 1. The van der Waals surface area contributed by atoms with Gasteiger partial charge in [0.25, 0.3) is 5.96 Å². The zero-order valence-corrected chi connectivity index (χ0v) is 16.0. The topological polar surface area (TPSA) is 97.5 Å². The average molecular weight is 417 g/mol. The Morgan fingerprint density at radius 2 is 2.22 bits per heavy atom. The van der Waals surface area contributed by atoms with Gasteiger partial charge in [-0.05, 0) is 31.5 Å². The molecule has 2 fully saturated rings. The molecule has 1 amide bonds. The molecule has 9 nitrogen and oxygen atoms in total. The normalized spacial score (nSPS) is 23.9. The van der Waals surface area contributed by atoms with Crippen molar-refractivity contribution in [2.75, 3.05) is 26.2 Å². The Kier molecular flexibility index (Phi) is 6.03. The number of halogens is 2. The first-order valence-electron chi connectivity index (χ1n) is 8.37. The van der Waals surface area contributed by atoms with Crippen molar-refractivity contribution in [3.8, 4) is 5.75 Å². The number of rotatable bonds is 4. The van der Waals surface area contributed by atoms with E-state index in [1.807, 2.05) is 6.92 Å². The van der Waals surface area contributed by atoms with Crippen LogP contribution in [-0.2, 0) is 4.74 Å². The zero-order chi connectivity index (χ0) is 19.6. The van der Waals surface area contributed by atoms with Gasteiger partial charge in [-0.1, -0.05) is 23.2 Å². The number of nitro groups is 1. The van der Waals surface area contributed by atoms with E-state index in [2.05, 4.69) is 5.10 Å². The van der Waals surface area contributed by atoms with Crippen molar-refractivity contribution < 1.29 is 19.3 Å². The van der Waals surface area contributed by atoms with Gasteiger partial charge in [-0.25, -0.2) is 19.8 Å². The predicted octanol–water partition coefficient (Wildman–Crippen LogP) is 3.08. The van der Waals surface area contributed by atoms with E-state index in [0.29, 0.717) is 24.7 Å². The smallest absolute Gasteiger partial charge is 0.408 e. The SMILES string of the molecule is CC1CC(CN2CCN(C(=O)Oc3ccc(Cl)cc3Cl)C2=N[N+](=O)[O-])CO1. The molecule has 0 radical (unpaired) electrons. The van der Waals surface area contributed by atoms with Gasteiger partial charge in [0.05, 0.1) is 24.3 Å². The highest BCUT2D eigenvalue weighted by Crippen LogP contribution is 2.29. The number of nitrogens with zero attached hydrogens (tertiary/aromatic N) is 4. The van der Waals surface area contributed by atoms with Crippen LogP contribution < -0.4 is 4.74 Å². The third-order valence-corrected chi connectivity index (χ3v) is 4.89. The first kappa shape index (κ1) is 19.7. The van der Waals surface area contributed by atoms with Gasteiger partial charge in [0.1, 0.15) is 5.10 Å². The summed E-state index contributed by atoms with van der Waals surface area (Å²) < 4.78 is 10.8. The second kappa shape index (κ2) is 8.28. The highest BCUT2D eigenvalue weighted by molar-refractivity contribution is 6.35. The lowest BCUT2D eigenvalue weighted by atomic mass is 10.1. The van der Waals surface area contributed by atoms with Crippen molar-refractivity contribution in [1.82, 2.24) is 9.80 Å². The molecule has 0 bridgehead atoms. The monoisotopic (exact) mass is 416 g/mol. The largest absolute Gasteiger partial charge is 0.422 e. The second-order valence-corrected chi connectivity index (χ2v) is 7.27. The van der Waals surface area contributed by atoms with Crippen LogP contribution >= 0.6 is 23.2 Å². The summed E-state index contributed by atoms with van der Waals surface area (Å²) in [5.41, 5.74) is 0. The van der Waals surface area contributed by atoms with E-state index >= 15 is 0 Å². The van der Waals surface area contributed by atoms with E-state index < -0.39 is 11.1 Å². The Morgan fingerprint density at radius 3 is 2.85 bits per heavy atom. The molecular weight excluding hydrogens is 399 g/mol. The van der Waals surface area contributed by atoms with Gasteiger partial charge in [0.2, 0.25) is 0 Å². The Bertz CT molecular complexity index is 775. The standard InChI is InChI=1S/C16H18Cl2N4O5/c1-10-6-11(9-26-10)8-20-4-5-21(15(20)19-22(24)25)16(23)27-14-3-2-12(17)7-13(14)18/h2-3,7,10-11H,4-6,8-9H2,1H3. The minimum absolute atomic E-state index is 0.0466. The maximum absolute atomic E-state index is 12.5. The van der Waals surface area contributed by atoms with Gasteiger partial charge in [-0.3, -0.25) is 0 Å². The number of carbonyl (C=O) groups is 1. The molecule has 0 saturated carbocycles. The highest BCUT2D eigenvalue weighted by Gasteiger charge is 2.37. The summed E-state index contributed by atoms with van der Waals surface area (Å²) >= 11 is 11.8. The third-order valence-electron chi connectivity index (χ3n) is 4.36. The van der Waals surface area contributed by atoms with E-state index in [1.165, 1.54) is 18.2 Å². The molecule has 3 rings (SSSR count). The summed E-state index contributed by atoms with van der Waals surface area (Å²) in [6, 6.07) is 4.42. The summed E-state index contributed by atoms with van der Waals surface area (Å²) in [6.45, 7) is 3.72. The minimum atomic E-state index is -0.822. The lowest BCUT2D eigenvalue weighted by molar-refractivity contribution is -0.486. The number of hydrogen-bond donors (Lipinski definition) is 0. The van der Waals surface area contributed by atoms with Crippen molar-refractivity contribution in [2.45, 2.75) is 19.4 Å². The van der Waals surface area contributed by atoms with Crippen LogP contribution in [0.5, 0.6) is 5.75 Å². The van der Waals surface area contributed by atoms with Crippen LogP contribution in [0.2, 0.25) is 10.0 Å². The molecule has 2 saturated heterocycles. The van der Waals surface area contributed by atoms with Gasteiger partial charge in [0, 0.05) is 24.0 Å². The van der Waals surface area contributed by atoms with Crippen LogP contribution in [-0.4, -0.2) is 59.2 Å². The molecule has 0 spiro atoms. The first-order chi connectivity index (χ1) is 12.8. The molecule has 11 heteroatoms. The van der Waals surface area contributed by atoms with E-state index in [9.17, 15) is 14.9 Å².